The van der Waals surface area contributed by atoms with Crippen molar-refractivity contribution in [2.24, 2.45) is 0 Å². The van der Waals surface area contributed by atoms with Crippen molar-refractivity contribution in [2.75, 3.05) is 33.4 Å². The molecule has 1 aliphatic rings. The van der Waals surface area contributed by atoms with Crippen LogP contribution in [0.4, 0.5) is 0 Å². The molecule has 51 heavy (non-hydrogen) atoms. The van der Waals surface area contributed by atoms with Crippen LogP contribution in [0.25, 0.3) is 32.3 Å². The molecular formula is C43H41N2O5P. The molecule has 0 bridgehead atoms. The molecule has 0 aliphatic carbocycles. The van der Waals surface area contributed by atoms with Crippen LogP contribution in [-0.4, -0.2) is 66.8 Å². The van der Waals surface area contributed by atoms with Crippen molar-refractivity contribution in [3.8, 4) is 0 Å². The fourth-order valence-electron chi connectivity index (χ4n) is 7.51. The van der Waals surface area contributed by atoms with Crippen LogP contribution in [0.3, 0.4) is 0 Å². The van der Waals surface area contributed by atoms with Crippen LogP contribution in [0.1, 0.15) is 62.1 Å². The number of likely N-dealkylation sites (tertiary alicyclic amines) is 1. The maximum atomic E-state index is 14.9. The van der Waals surface area contributed by atoms with E-state index >= 15 is 0 Å². The third-order valence-corrected chi connectivity index (χ3v) is 12.4. The number of carbonyl (C=O) groups excluding carboxylic acids is 3. The van der Waals surface area contributed by atoms with Crippen molar-refractivity contribution in [3.63, 3.8) is 0 Å². The van der Waals surface area contributed by atoms with Crippen LogP contribution in [0.2, 0.25) is 0 Å². The van der Waals surface area contributed by atoms with E-state index in [-0.39, 0.29) is 35.6 Å². The first-order valence-electron chi connectivity index (χ1n) is 17.5. The molecule has 6 aromatic rings. The van der Waals surface area contributed by atoms with E-state index in [9.17, 15) is 18.9 Å². The van der Waals surface area contributed by atoms with E-state index in [1.54, 1.807) is 31.0 Å². The van der Waals surface area contributed by atoms with Gasteiger partial charge in [-0.2, -0.15) is 0 Å². The highest BCUT2D eigenvalue weighted by molar-refractivity contribution is 7.59. The SMILES string of the molecule is CCOP(C)(=O)C(C(=O)c1cc2ccccc2cc1C(=O)N(C)C1CCN(C(=O)c2ccc3ccccc3c2)CC1)c1cccc2ccccc12. The van der Waals surface area contributed by atoms with Gasteiger partial charge in [-0.25, -0.2) is 0 Å². The summed E-state index contributed by atoms with van der Waals surface area (Å²) in [6.07, 6.45) is 1.21. The normalized spacial score (nSPS) is 15.5. The van der Waals surface area contributed by atoms with E-state index < -0.39 is 18.8 Å². The molecule has 1 fully saturated rings. The van der Waals surface area contributed by atoms with Crippen molar-refractivity contribution >= 4 is 57.3 Å². The fourth-order valence-corrected chi connectivity index (χ4v) is 9.47. The number of hydrogen-bond acceptors (Lipinski definition) is 5. The maximum Gasteiger partial charge on any atom is 0.254 e. The van der Waals surface area contributed by atoms with Gasteiger partial charge >= 0.3 is 0 Å². The lowest BCUT2D eigenvalue weighted by Gasteiger charge is -2.37. The molecule has 0 N–H and O–H groups in total. The molecule has 7 rings (SSSR count). The second-order valence-corrected chi connectivity index (χ2v) is 16.0. The Kier molecular flexibility index (Phi) is 9.61. The zero-order chi connectivity index (χ0) is 35.7. The Hall–Kier alpha value is -5.10. The molecular weight excluding hydrogens is 655 g/mol. The minimum atomic E-state index is -3.58. The van der Waals surface area contributed by atoms with E-state index in [2.05, 4.69) is 0 Å². The zero-order valence-electron chi connectivity index (χ0n) is 29.1. The van der Waals surface area contributed by atoms with E-state index in [0.29, 0.717) is 37.1 Å². The third kappa shape index (κ3) is 6.72. The van der Waals surface area contributed by atoms with Crippen LogP contribution in [-0.2, 0) is 9.09 Å². The second kappa shape index (κ2) is 14.3. The number of piperidine rings is 1. The van der Waals surface area contributed by atoms with Gasteiger partial charge < -0.3 is 14.3 Å². The standard InChI is InChI=1S/C43H41N2O5P/c1-4-50-51(3,49)41(37-19-11-17-30-13-9-10-18-36(30)37)40(46)38-27-32-15-7-8-16-33(32)28-39(38)43(48)44(2)35-22-24-45(25-23-35)42(47)34-21-20-29-12-5-6-14-31(29)26-34/h5-21,26-28,35,41H,4,22-25H2,1-3H3. The van der Waals surface area contributed by atoms with Gasteiger partial charge in [0.1, 0.15) is 5.66 Å². The summed E-state index contributed by atoms with van der Waals surface area (Å²) in [5.41, 5.74) is 0.621. The molecule has 1 saturated heterocycles. The monoisotopic (exact) mass is 696 g/mol. The molecule has 0 radical (unpaired) electrons. The lowest BCUT2D eigenvalue weighted by Crippen LogP contribution is -2.47. The van der Waals surface area contributed by atoms with E-state index in [4.69, 9.17) is 4.52 Å². The molecule has 258 valence electrons. The number of carbonyl (C=O) groups is 3. The Bertz CT molecular complexity index is 2340. The Morgan fingerprint density at radius 3 is 1.98 bits per heavy atom. The summed E-state index contributed by atoms with van der Waals surface area (Å²) in [4.78, 5) is 46.5. The molecule has 0 aromatic heterocycles. The Morgan fingerprint density at radius 2 is 1.31 bits per heavy atom. The number of ketones is 1. The van der Waals surface area contributed by atoms with Crippen LogP contribution >= 0.6 is 7.37 Å². The average Bonchev–Trinajstić information content (AvgIpc) is 3.16. The molecule has 8 heteroatoms. The van der Waals surface area contributed by atoms with E-state index in [0.717, 1.165) is 32.3 Å². The Morgan fingerprint density at radius 1 is 0.745 bits per heavy atom. The average molecular weight is 697 g/mol. The minimum Gasteiger partial charge on any atom is -0.339 e. The molecule has 1 aliphatic heterocycles. The van der Waals surface area contributed by atoms with Crippen molar-refractivity contribution in [1.29, 1.82) is 0 Å². The summed E-state index contributed by atoms with van der Waals surface area (Å²) >= 11 is 0. The number of rotatable bonds is 9. The first-order valence-corrected chi connectivity index (χ1v) is 19.6. The maximum absolute atomic E-state index is 14.9. The van der Waals surface area contributed by atoms with Crippen LogP contribution < -0.4 is 0 Å². The van der Waals surface area contributed by atoms with Gasteiger partial charge in [-0.1, -0.05) is 97.1 Å². The first-order chi connectivity index (χ1) is 24.7. The van der Waals surface area contributed by atoms with Gasteiger partial charge in [-0.15, -0.1) is 0 Å². The molecule has 2 atom stereocenters. The number of hydrogen-bond donors (Lipinski definition) is 0. The van der Waals surface area contributed by atoms with Crippen molar-refractivity contribution in [1.82, 2.24) is 9.80 Å². The largest absolute Gasteiger partial charge is 0.339 e. The first kappa shape index (κ1) is 34.4. The summed E-state index contributed by atoms with van der Waals surface area (Å²) in [6.45, 7) is 4.47. The molecule has 2 amide bonds. The predicted molar refractivity (Wildman–Crippen MR) is 205 cm³/mol. The lowest BCUT2D eigenvalue weighted by atomic mass is 9.91. The summed E-state index contributed by atoms with van der Waals surface area (Å²) in [7, 11) is -1.81. The second-order valence-electron chi connectivity index (χ2n) is 13.4. The van der Waals surface area contributed by atoms with E-state index in [1.165, 1.54) is 6.66 Å². The highest BCUT2D eigenvalue weighted by atomic mass is 31.2. The predicted octanol–water partition coefficient (Wildman–Crippen LogP) is 9.39. The molecule has 7 nitrogen and oxygen atoms in total. The summed E-state index contributed by atoms with van der Waals surface area (Å²) in [6, 6.07) is 38.2. The molecule has 6 aromatic carbocycles. The number of amides is 2. The topological polar surface area (TPSA) is 84.0 Å². The fraction of sp³-hybridized carbons (Fsp3) is 0.233. The zero-order valence-corrected chi connectivity index (χ0v) is 30.0. The quantitative estimate of drug-likeness (QED) is 0.111. The van der Waals surface area contributed by atoms with Gasteiger partial charge in [-0.3, -0.25) is 18.9 Å². The number of fused-ring (bicyclic) bond motifs is 3. The van der Waals surface area contributed by atoms with Crippen LogP contribution in [0, 0.1) is 0 Å². The number of benzene rings is 6. The highest BCUT2D eigenvalue weighted by Crippen LogP contribution is 2.59. The van der Waals surface area contributed by atoms with Gasteiger partial charge in [0.05, 0.1) is 12.2 Å². The van der Waals surface area contributed by atoms with Gasteiger partial charge in [0.2, 0.25) is 7.37 Å². The summed E-state index contributed by atoms with van der Waals surface area (Å²) in [5.74, 6) is -0.722. The minimum absolute atomic E-state index is 0.0200. The third-order valence-electron chi connectivity index (χ3n) is 10.2. The van der Waals surface area contributed by atoms with Crippen molar-refractivity contribution in [2.45, 2.75) is 31.5 Å². The van der Waals surface area contributed by atoms with Gasteiger partial charge in [0, 0.05) is 44.0 Å². The molecule has 0 spiro atoms. The molecule has 0 saturated carbocycles. The molecule has 2 unspecified atom stereocenters. The summed E-state index contributed by atoms with van der Waals surface area (Å²) < 4.78 is 20.2. The van der Waals surface area contributed by atoms with Gasteiger partial charge in [0.25, 0.3) is 11.8 Å². The van der Waals surface area contributed by atoms with Gasteiger partial charge in [0.15, 0.2) is 5.78 Å². The van der Waals surface area contributed by atoms with Crippen LogP contribution in [0.15, 0.2) is 121 Å². The van der Waals surface area contributed by atoms with E-state index in [1.807, 2.05) is 114 Å². The number of Topliss-reactive ketones (excluding diaryl/α,β-unsaturated/α-hetero) is 1. The molecule has 1 heterocycles. The smallest absolute Gasteiger partial charge is 0.254 e. The van der Waals surface area contributed by atoms with Gasteiger partial charge in [-0.05, 0) is 81.9 Å². The lowest BCUT2D eigenvalue weighted by molar-refractivity contribution is 0.0567. The van der Waals surface area contributed by atoms with Crippen molar-refractivity contribution in [3.05, 3.63) is 144 Å². The Balaban J connectivity index is 1.20. The highest BCUT2D eigenvalue weighted by Gasteiger charge is 2.40. The summed E-state index contributed by atoms with van der Waals surface area (Å²) in [5, 5.41) is 5.47. The Labute approximate surface area is 298 Å². The van der Waals surface area contributed by atoms with Crippen LogP contribution in [0.5, 0.6) is 0 Å². The number of nitrogens with zero attached hydrogens (tertiary/aromatic N) is 2. The van der Waals surface area contributed by atoms with Crippen molar-refractivity contribution < 1.29 is 23.5 Å².